The van der Waals surface area contributed by atoms with Crippen molar-refractivity contribution in [3.8, 4) is 5.75 Å². The van der Waals surface area contributed by atoms with E-state index in [4.69, 9.17) is 25.2 Å². The second-order valence-corrected chi connectivity index (χ2v) is 7.59. The molecule has 0 radical (unpaired) electrons. The number of ketones is 1. The van der Waals surface area contributed by atoms with Gasteiger partial charge in [-0.1, -0.05) is 29.8 Å². The molecule has 1 N–H and O–H groups in total. The molecule has 4 aromatic rings. The van der Waals surface area contributed by atoms with E-state index in [9.17, 15) is 14.7 Å². The molecule has 5 rings (SSSR count). The first-order valence-electron chi connectivity index (χ1n) is 9.66. The molecule has 1 aliphatic heterocycles. The highest BCUT2D eigenvalue weighted by Crippen LogP contribution is 2.43. The fourth-order valence-electron chi connectivity index (χ4n) is 3.89. The number of Topliss-reactive ketones (excluding diaryl/α,β-unsaturated/α-hetero) is 1. The minimum absolute atomic E-state index is 0.0386. The summed E-state index contributed by atoms with van der Waals surface area (Å²) in [4.78, 5) is 27.9. The molecule has 1 amide bonds. The van der Waals surface area contributed by atoms with Gasteiger partial charge in [0, 0.05) is 16.1 Å². The molecular formula is C24H16ClNO6. The smallest absolute Gasteiger partial charge is 0.294 e. The Bertz CT molecular complexity index is 1380. The molecule has 1 aliphatic rings. The van der Waals surface area contributed by atoms with Gasteiger partial charge in [-0.15, -0.1) is 0 Å². The highest BCUT2D eigenvalue weighted by Gasteiger charge is 2.46. The van der Waals surface area contributed by atoms with E-state index in [-0.39, 0.29) is 11.3 Å². The summed E-state index contributed by atoms with van der Waals surface area (Å²) in [5.74, 6) is -1.33. The molecule has 2 aromatic carbocycles. The summed E-state index contributed by atoms with van der Waals surface area (Å²) in [6, 6.07) is 15.6. The van der Waals surface area contributed by atoms with Crippen molar-refractivity contribution in [2.24, 2.45) is 0 Å². The first kappa shape index (κ1) is 20.0. The van der Waals surface area contributed by atoms with E-state index in [0.29, 0.717) is 33.2 Å². The predicted molar refractivity (Wildman–Crippen MR) is 117 cm³/mol. The number of nitrogens with zero attached hydrogens (tertiary/aromatic N) is 1. The van der Waals surface area contributed by atoms with Gasteiger partial charge in [0.25, 0.3) is 5.91 Å². The highest BCUT2D eigenvalue weighted by atomic mass is 35.5. The Morgan fingerprint density at radius 3 is 2.66 bits per heavy atom. The Labute approximate surface area is 187 Å². The fraction of sp³-hybridized carbons (Fsp3) is 0.0833. The van der Waals surface area contributed by atoms with Gasteiger partial charge in [0.05, 0.1) is 18.9 Å². The van der Waals surface area contributed by atoms with E-state index >= 15 is 0 Å². The molecule has 0 bridgehead atoms. The minimum atomic E-state index is -1.00. The molecule has 0 saturated carbocycles. The van der Waals surface area contributed by atoms with E-state index < -0.39 is 23.5 Å². The Balaban J connectivity index is 1.65. The number of hydrogen-bond donors (Lipinski definition) is 1. The van der Waals surface area contributed by atoms with Gasteiger partial charge in [-0.25, -0.2) is 0 Å². The van der Waals surface area contributed by atoms with Crippen LogP contribution in [0, 0.1) is 0 Å². The van der Waals surface area contributed by atoms with E-state index in [2.05, 4.69) is 0 Å². The third kappa shape index (κ3) is 3.06. The molecule has 32 heavy (non-hydrogen) atoms. The van der Waals surface area contributed by atoms with Crippen molar-refractivity contribution in [3.05, 3.63) is 94.8 Å². The van der Waals surface area contributed by atoms with Crippen molar-refractivity contribution in [1.82, 2.24) is 0 Å². The summed E-state index contributed by atoms with van der Waals surface area (Å²) in [6.07, 6.45) is 1.43. The van der Waals surface area contributed by atoms with Crippen LogP contribution < -0.4 is 9.64 Å². The molecule has 0 aliphatic carbocycles. The van der Waals surface area contributed by atoms with Crippen molar-refractivity contribution in [1.29, 1.82) is 0 Å². The molecule has 7 nitrogen and oxygen atoms in total. The molecule has 1 unspecified atom stereocenters. The number of carbonyl (C=O) groups is 2. The van der Waals surface area contributed by atoms with Crippen LogP contribution in [0.3, 0.4) is 0 Å². The van der Waals surface area contributed by atoms with Crippen LogP contribution in [0.2, 0.25) is 5.02 Å². The summed E-state index contributed by atoms with van der Waals surface area (Å²) >= 11 is 6.12. The van der Waals surface area contributed by atoms with Crippen LogP contribution in [0.4, 0.5) is 5.69 Å². The van der Waals surface area contributed by atoms with Crippen LogP contribution >= 0.6 is 11.6 Å². The number of fused-ring (bicyclic) bond motifs is 1. The Kier molecular flexibility index (Phi) is 4.75. The number of rotatable bonds is 5. The van der Waals surface area contributed by atoms with Crippen LogP contribution in [0.1, 0.15) is 22.4 Å². The molecule has 1 atom stereocenters. The van der Waals surface area contributed by atoms with Crippen molar-refractivity contribution >= 4 is 39.9 Å². The van der Waals surface area contributed by atoms with Gasteiger partial charge in [-0.3, -0.25) is 14.5 Å². The molecule has 2 aromatic heterocycles. The van der Waals surface area contributed by atoms with Crippen LogP contribution in [0.15, 0.2) is 87.1 Å². The normalized spacial score (nSPS) is 16.2. The molecule has 0 saturated heterocycles. The van der Waals surface area contributed by atoms with Gasteiger partial charge < -0.3 is 18.7 Å². The van der Waals surface area contributed by atoms with E-state index in [0.717, 1.165) is 0 Å². The van der Waals surface area contributed by atoms with Gasteiger partial charge in [0.15, 0.2) is 22.9 Å². The third-order valence-corrected chi connectivity index (χ3v) is 5.54. The second kappa shape index (κ2) is 7.62. The Hall–Kier alpha value is -3.97. The molecule has 3 heterocycles. The number of aliphatic hydroxyl groups excluding tert-OH is 1. The van der Waals surface area contributed by atoms with E-state index in [1.54, 1.807) is 60.7 Å². The number of para-hydroxylation sites is 1. The van der Waals surface area contributed by atoms with Crippen molar-refractivity contribution in [2.75, 3.05) is 12.0 Å². The first-order chi connectivity index (χ1) is 15.5. The number of carbonyl (C=O) groups excluding carboxylic acids is 2. The monoisotopic (exact) mass is 449 g/mol. The van der Waals surface area contributed by atoms with Crippen molar-refractivity contribution in [2.45, 2.75) is 6.04 Å². The summed E-state index contributed by atoms with van der Waals surface area (Å²) in [7, 11) is 1.50. The maximum Gasteiger partial charge on any atom is 0.294 e. The zero-order chi connectivity index (χ0) is 22.4. The lowest BCUT2D eigenvalue weighted by Crippen LogP contribution is -2.30. The van der Waals surface area contributed by atoms with E-state index in [1.165, 1.54) is 18.3 Å². The minimum Gasteiger partial charge on any atom is -0.503 e. The van der Waals surface area contributed by atoms with Crippen LogP contribution in [0.5, 0.6) is 5.75 Å². The van der Waals surface area contributed by atoms with Gasteiger partial charge in [-0.2, -0.15) is 0 Å². The number of ether oxygens (including phenoxy) is 1. The molecule has 0 fully saturated rings. The quantitative estimate of drug-likeness (QED) is 0.406. The third-order valence-electron chi connectivity index (χ3n) is 5.30. The maximum absolute atomic E-state index is 13.5. The SMILES string of the molecule is COc1cccc2cc(C(=O)C3=C(O)C(=O)N(c4cccc(Cl)c4)C3c3ccco3)oc12. The average Bonchev–Trinajstić information content (AvgIpc) is 3.52. The van der Waals surface area contributed by atoms with Crippen molar-refractivity contribution in [3.63, 3.8) is 0 Å². The first-order valence-corrected chi connectivity index (χ1v) is 10.0. The summed E-state index contributed by atoms with van der Waals surface area (Å²) < 4.78 is 16.6. The van der Waals surface area contributed by atoms with Crippen molar-refractivity contribution < 1.29 is 28.3 Å². The zero-order valence-corrected chi connectivity index (χ0v) is 17.5. The average molecular weight is 450 g/mol. The number of halogens is 1. The summed E-state index contributed by atoms with van der Waals surface area (Å²) in [5.41, 5.74) is 0.650. The largest absolute Gasteiger partial charge is 0.503 e. The lowest BCUT2D eigenvalue weighted by atomic mass is 9.99. The number of anilines is 1. The molecule has 8 heteroatoms. The van der Waals surface area contributed by atoms with Crippen LogP contribution in [0.25, 0.3) is 11.0 Å². The molecular weight excluding hydrogens is 434 g/mol. The second-order valence-electron chi connectivity index (χ2n) is 7.15. The van der Waals surface area contributed by atoms with Crippen LogP contribution in [-0.4, -0.2) is 23.9 Å². The summed E-state index contributed by atoms with van der Waals surface area (Å²) in [5, 5.41) is 11.8. The summed E-state index contributed by atoms with van der Waals surface area (Å²) in [6.45, 7) is 0. The molecule has 0 spiro atoms. The number of benzene rings is 2. The highest BCUT2D eigenvalue weighted by molar-refractivity contribution is 6.31. The Morgan fingerprint density at radius 1 is 1.12 bits per heavy atom. The van der Waals surface area contributed by atoms with E-state index in [1.807, 2.05) is 0 Å². The van der Waals surface area contributed by atoms with Gasteiger partial charge in [0.1, 0.15) is 11.8 Å². The van der Waals surface area contributed by atoms with Gasteiger partial charge in [-0.05, 0) is 42.5 Å². The standard InChI is InChI=1S/C24H16ClNO6/c1-30-17-8-2-5-13-11-18(32-23(13)17)21(27)19-20(16-9-4-10-31-16)26(24(29)22(19)28)15-7-3-6-14(25)12-15/h2-12,20,28H,1H3. The predicted octanol–water partition coefficient (Wildman–Crippen LogP) is 5.47. The number of amides is 1. The number of hydrogen-bond acceptors (Lipinski definition) is 6. The Morgan fingerprint density at radius 2 is 1.94 bits per heavy atom. The number of furan rings is 2. The number of methoxy groups -OCH3 is 1. The fourth-order valence-corrected chi connectivity index (χ4v) is 4.07. The lowest BCUT2D eigenvalue weighted by Gasteiger charge is -2.24. The lowest BCUT2D eigenvalue weighted by molar-refractivity contribution is -0.117. The number of aliphatic hydroxyl groups is 1. The van der Waals surface area contributed by atoms with Gasteiger partial charge >= 0.3 is 0 Å². The molecule has 160 valence electrons. The zero-order valence-electron chi connectivity index (χ0n) is 16.7. The topological polar surface area (TPSA) is 93.1 Å². The van der Waals surface area contributed by atoms with Crippen LogP contribution in [-0.2, 0) is 4.79 Å². The van der Waals surface area contributed by atoms with Gasteiger partial charge in [0.2, 0.25) is 5.78 Å². The maximum atomic E-state index is 13.5.